The Morgan fingerprint density at radius 1 is 1.25 bits per heavy atom. The number of aromatic nitrogens is 4. The summed E-state index contributed by atoms with van der Waals surface area (Å²) in [5, 5.41) is 16.9. The molecule has 2 amide bonds. The zero-order valence-corrected chi connectivity index (χ0v) is 18.8. The summed E-state index contributed by atoms with van der Waals surface area (Å²) in [6.45, 7) is -0.451. The summed E-state index contributed by atoms with van der Waals surface area (Å²) >= 11 is 7.39. The number of anilines is 1. The molecule has 0 radical (unpaired) electrons. The Morgan fingerprint density at radius 3 is 2.78 bits per heavy atom. The molecule has 1 aromatic carbocycles. The van der Waals surface area contributed by atoms with Crippen molar-refractivity contribution in [1.29, 1.82) is 0 Å². The van der Waals surface area contributed by atoms with E-state index in [4.69, 9.17) is 11.6 Å². The Bertz CT molecular complexity index is 1080. The molecule has 1 N–H and O–H groups in total. The van der Waals surface area contributed by atoms with E-state index in [0.717, 1.165) is 30.6 Å². The van der Waals surface area contributed by atoms with Crippen LogP contribution in [0.3, 0.4) is 0 Å². The van der Waals surface area contributed by atoms with E-state index in [-0.39, 0.29) is 30.1 Å². The molecule has 0 aliphatic heterocycles. The minimum atomic E-state index is -0.604. The monoisotopic (exact) mass is 476 g/mol. The first-order valence-electron chi connectivity index (χ1n) is 10.4. The fourth-order valence-electron chi connectivity index (χ4n) is 3.66. The average molecular weight is 477 g/mol. The second-order valence-electron chi connectivity index (χ2n) is 7.60. The van der Waals surface area contributed by atoms with Crippen molar-refractivity contribution >= 4 is 40.4 Å². The van der Waals surface area contributed by atoms with Gasteiger partial charge in [-0.1, -0.05) is 36.9 Å². The van der Waals surface area contributed by atoms with E-state index in [1.54, 1.807) is 0 Å². The van der Waals surface area contributed by atoms with Gasteiger partial charge in [0.1, 0.15) is 18.9 Å². The zero-order chi connectivity index (χ0) is 22.5. The maximum absolute atomic E-state index is 13.7. The highest BCUT2D eigenvalue weighted by atomic mass is 35.5. The number of amides is 2. The minimum absolute atomic E-state index is 0.107. The van der Waals surface area contributed by atoms with E-state index in [1.165, 1.54) is 45.7 Å². The molecule has 2 aromatic heterocycles. The molecule has 1 aliphatic carbocycles. The van der Waals surface area contributed by atoms with Gasteiger partial charge in [0.15, 0.2) is 0 Å². The Labute approximate surface area is 193 Å². The van der Waals surface area contributed by atoms with Crippen molar-refractivity contribution in [3.8, 4) is 10.7 Å². The molecule has 1 aliphatic rings. The number of halogens is 2. The largest absolute Gasteiger partial charge is 0.352 e. The van der Waals surface area contributed by atoms with E-state index >= 15 is 0 Å². The Morgan fingerprint density at radius 2 is 2.06 bits per heavy atom. The van der Waals surface area contributed by atoms with Crippen LogP contribution in [0.15, 0.2) is 35.7 Å². The third-order valence-electron chi connectivity index (χ3n) is 5.26. The van der Waals surface area contributed by atoms with E-state index in [0.29, 0.717) is 11.5 Å². The number of carbonyl (C=O) groups excluding carboxylic acids is 2. The molecule has 1 fully saturated rings. The molecule has 0 saturated heterocycles. The quantitative estimate of drug-likeness (QED) is 0.561. The SMILES string of the molecule is O=C(CN(C(=O)Cn1nnc(-c2cccs2)n1)c1ccc(F)c(Cl)c1)NC1CCCCC1. The fourth-order valence-corrected chi connectivity index (χ4v) is 4.48. The Hall–Kier alpha value is -2.85. The van der Waals surface area contributed by atoms with Gasteiger partial charge in [-0.15, -0.1) is 21.5 Å². The molecule has 32 heavy (non-hydrogen) atoms. The van der Waals surface area contributed by atoms with E-state index < -0.39 is 11.7 Å². The lowest BCUT2D eigenvalue weighted by Gasteiger charge is -2.26. The number of nitrogens with zero attached hydrogens (tertiary/aromatic N) is 5. The van der Waals surface area contributed by atoms with Crippen LogP contribution in [0, 0.1) is 5.82 Å². The predicted octanol–water partition coefficient (Wildman–Crippen LogP) is 3.68. The normalized spacial score (nSPS) is 14.3. The van der Waals surface area contributed by atoms with Gasteiger partial charge in [-0.3, -0.25) is 9.59 Å². The van der Waals surface area contributed by atoms with Gasteiger partial charge >= 0.3 is 0 Å². The molecule has 0 bridgehead atoms. The number of hydrogen-bond acceptors (Lipinski definition) is 6. The fraction of sp³-hybridized carbons (Fsp3) is 0.381. The Kier molecular flexibility index (Phi) is 7.11. The highest BCUT2D eigenvalue weighted by Gasteiger charge is 2.24. The third kappa shape index (κ3) is 5.49. The van der Waals surface area contributed by atoms with Gasteiger partial charge in [0.05, 0.1) is 9.90 Å². The summed E-state index contributed by atoms with van der Waals surface area (Å²) in [5.74, 6) is -0.912. The van der Waals surface area contributed by atoms with Crippen molar-refractivity contribution in [1.82, 2.24) is 25.5 Å². The maximum Gasteiger partial charge on any atom is 0.251 e. The molecule has 3 aromatic rings. The van der Waals surface area contributed by atoms with E-state index in [2.05, 4.69) is 20.7 Å². The number of benzene rings is 1. The molecule has 168 valence electrons. The lowest BCUT2D eigenvalue weighted by Crippen LogP contribution is -2.46. The molecular formula is C21H22ClFN6O2S. The van der Waals surface area contributed by atoms with Crippen LogP contribution >= 0.6 is 22.9 Å². The maximum atomic E-state index is 13.7. The number of thiophene rings is 1. The summed E-state index contributed by atoms with van der Waals surface area (Å²) < 4.78 is 13.7. The summed E-state index contributed by atoms with van der Waals surface area (Å²) in [4.78, 5) is 29.1. The lowest BCUT2D eigenvalue weighted by molar-refractivity contribution is -0.124. The first kappa shape index (κ1) is 22.3. The van der Waals surface area contributed by atoms with E-state index in [9.17, 15) is 14.0 Å². The van der Waals surface area contributed by atoms with Crippen molar-refractivity contribution in [3.63, 3.8) is 0 Å². The second-order valence-corrected chi connectivity index (χ2v) is 8.96. The van der Waals surface area contributed by atoms with Crippen LogP contribution in [-0.2, 0) is 16.1 Å². The summed E-state index contributed by atoms with van der Waals surface area (Å²) in [6.07, 6.45) is 5.17. The molecule has 0 atom stereocenters. The highest BCUT2D eigenvalue weighted by molar-refractivity contribution is 7.13. The number of hydrogen-bond donors (Lipinski definition) is 1. The van der Waals surface area contributed by atoms with Crippen LogP contribution in [0.2, 0.25) is 5.02 Å². The van der Waals surface area contributed by atoms with Crippen LogP contribution in [0.1, 0.15) is 32.1 Å². The molecule has 0 spiro atoms. The van der Waals surface area contributed by atoms with Crippen LogP contribution in [-0.4, -0.2) is 44.6 Å². The van der Waals surface area contributed by atoms with Crippen LogP contribution in [0.4, 0.5) is 10.1 Å². The van der Waals surface area contributed by atoms with Crippen LogP contribution in [0.5, 0.6) is 0 Å². The molecule has 0 unspecified atom stereocenters. The van der Waals surface area contributed by atoms with Crippen LogP contribution < -0.4 is 10.2 Å². The van der Waals surface area contributed by atoms with Gasteiger partial charge in [-0.2, -0.15) is 4.80 Å². The minimum Gasteiger partial charge on any atom is -0.352 e. The van der Waals surface area contributed by atoms with Crippen LogP contribution in [0.25, 0.3) is 10.7 Å². The van der Waals surface area contributed by atoms with Crippen molar-refractivity contribution in [2.45, 2.75) is 44.7 Å². The molecule has 4 rings (SSSR count). The Balaban J connectivity index is 1.50. The van der Waals surface area contributed by atoms with Gasteiger partial charge in [-0.25, -0.2) is 4.39 Å². The second kappa shape index (κ2) is 10.2. The summed E-state index contributed by atoms with van der Waals surface area (Å²) in [7, 11) is 0. The zero-order valence-electron chi connectivity index (χ0n) is 17.2. The smallest absolute Gasteiger partial charge is 0.251 e. The number of tetrazole rings is 1. The molecule has 8 nitrogen and oxygen atoms in total. The first-order valence-corrected chi connectivity index (χ1v) is 11.6. The van der Waals surface area contributed by atoms with E-state index in [1.807, 2.05) is 17.5 Å². The van der Waals surface area contributed by atoms with Crippen molar-refractivity contribution in [2.24, 2.45) is 0 Å². The average Bonchev–Trinajstić information content (AvgIpc) is 3.47. The molecule has 11 heteroatoms. The van der Waals surface area contributed by atoms with Crippen molar-refractivity contribution in [2.75, 3.05) is 11.4 Å². The number of nitrogens with one attached hydrogen (secondary N) is 1. The van der Waals surface area contributed by atoms with Crippen molar-refractivity contribution in [3.05, 3.63) is 46.6 Å². The van der Waals surface area contributed by atoms with Gasteiger partial charge < -0.3 is 10.2 Å². The standard InChI is InChI=1S/C21H22ClFN6O2S/c22-16-11-15(8-9-17(16)23)28(12-19(30)24-14-5-2-1-3-6-14)20(31)13-29-26-21(25-27-29)18-7-4-10-32-18/h4,7-11,14H,1-3,5-6,12-13H2,(H,24,30). The molecule has 1 saturated carbocycles. The summed E-state index contributed by atoms with van der Waals surface area (Å²) in [6, 6.07) is 7.75. The highest BCUT2D eigenvalue weighted by Crippen LogP contribution is 2.24. The molecular weight excluding hydrogens is 455 g/mol. The van der Waals surface area contributed by atoms with Gasteiger partial charge in [0, 0.05) is 11.7 Å². The summed E-state index contributed by atoms with van der Waals surface area (Å²) in [5.41, 5.74) is 0.318. The number of carbonyl (C=O) groups is 2. The van der Waals surface area contributed by atoms with Crippen molar-refractivity contribution < 1.29 is 14.0 Å². The topological polar surface area (TPSA) is 93.0 Å². The molecule has 2 heterocycles. The lowest BCUT2D eigenvalue weighted by atomic mass is 9.95. The number of rotatable bonds is 7. The van der Waals surface area contributed by atoms with Gasteiger partial charge in [0.2, 0.25) is 11.7 Å². The van der Waals surface area contributed by atoms with Gasteiger partial charge in [-0.05, 0) is 47.7 Å². The third-order valence-corrected chi connectivity index (χ3v) is 6.41. The predicted molar refractivity (Wildman–Crippen MR) is 120 cm³/mol. The first-order chi connectivity index (χ1) is 15.5. The van der Waals surface area contributed by atoms with Gasteiger partial charge in [0.25, 0.3) is 5.91 Å².